The molecule has 1 saturated carbocycles. The molecule has 0 spiro atoms. The first-order valence-electron chi connectivity index (χ1n) is 10.4. The van der Waals surface area contributed by atoms with Crippen LogP contribution in [0.15, 0.2) is 53.1 Å². The summed E-state index contributed by atoms with van der Waals surface area (Å²) in [6.07, 6.45) is 6.32. The number of ketones is 1. The number of pyridine rings is 1. The van der Waals surface area contributed by atoms with Crippen molar-refractivity contribution < 1.29 is 4.79 Å². The number of hydrogen-bond acceptors (Lipinski definition) is 4. The van der Waals surface area contributed by atoms with Gasteiger partial charge in [0.15, 0.2) is 5.78 Å². The molecule has 1 N–H and O–H groups in total. The van der Waals surface area contributed by atoms with Crippen LogP contribution in [-0.4, -0.2) is 28.8 Å². The number of rotatable bonds is 6. The van der Waals surface area contributed by atoms with Crippen LogP contribution in [0.4, 0.5) is 11.4 Å². The van der Waals surface area contributed by atoms with Gasteiger partial charge >= 0.3 is 0 Å². The van der Waals surface area contributed by atoms with Crippen LogP contribution < -0.4 is 5.32 Å². The highest BCUT2D eigenvalue weighted by atomic mass is 79.9. The SMILES string of the molecule is O=C(c1cnc2ccc(Br)cc2c1Nc1ccc(CN2CCCC2)cc1)C1CC1. The number of halogens is 1. The van der Waals surface area contributed by atoms with Gasteiger partial charge in [-0.05, 0) is 74.7 Å². The third-order valence-corrected chi connectivity index (χ3v) is 6.36. The minimum Gasteiger partial charge on any atom is -0.354 e. The average Bonchev–Trinajstić information content (AvgIpc) is 3.46. The molecular weight excluding hydrogens is 426 g/mol. The fourth-order valence-corrected chi connectivity index (χ4v) is 4.45. The van der Waals surface area contributed by atoms with Crippen molar-refractivity contribution in [3.8, 4) is 0 Å². The zero-order valence-electron chi connectivity index (χ0n) is 16.3. The molecule has 1 aliphatic heterocycles. The van der Waals surface area contributed by atoms with Crippen LogP contribution in [0.3, 0.4) is 0 Å². The minimum atomic E-state index is 0.157. The van der Waals surface area contributed by atoms with Gasteiger partial charge in [0.2, 0.25) is 0 Å². The summed E-state index contributed by atoms with van der Waals surface area (Å²) >= 11 is 3.56. The summed E-state index contributed by atoms with van der Waals surface area (Å²) < 4.78 is 0.979. The predicted molar refractivity (Wildman–Crippen MR) is 121 cm³/mol. The maximum Gasteiger partial charge on any atom is 0.169 e. The Balaban J connectivity index is 1.47. The number of aromatic nitrogens is 1. The van der Waals surface area contributed by atoms with Crippen LogP contribution in [0.1, 0.15) is 41.6 Å². The van der Waals surface area contributed by atoms with Gasteiger partial charge < -0.3 is 5.32 Å². The lowest BCUT2D eigenvalue weighted by Crippen LogP contribution is -2.18. The Morgan fingerprint density at radius 3 is 2.59 bits per heavy atom. The number of Topliss-reactive ketones (excluding diaryl/α,β-unsaturated/α-hetero) is 1. The number of anilines is 2. The topological polar surface area (TPSA) is 45.2 Å². The van der Waals surface area contributed by atoms with Crippen LogP contribution in [0.2, 0.25) is 0 Å². The first kappa shape index (κ1) is 18.8. The van der Waals surface area contributed by atoms with Gasteiger partial charge in [0.1, 0.15) is 0 Å². The summed E-state index contributed by atoms with van der Waals surface area (Å²) in [6, 6.07) is 14.6. The summed E-state index contributed by atoms with van der Waals surface area (Å²) in [5, 5.41) is 4.50. The third-order valence-electron chi connectivity index (χ3n) is 5.87. The van der Waals surface area contributed by atoms with E-state index in [2.05, 4.69) is 55.4 Å². The molecule has 2 fully saturated rings. The second kappa shape index (κ2) is 7.88. The van der Waals surface area contributed by atoms with Gasteiger partial charge in [0, 0.05) is 34.2 Å². The lowest BCUT2D eigenvalue weighted by molar-refractivity contribution is 0.0968. The van der Waals surface area contributed by atoms with Crippen molar-refractivity contribution in [3.63, 3.8) is 0 Å². The highest BCUT2D eigenvalue weighted by Crippen LogP contribution is 2.38. The number of benzene rings is 2. The first-order chi connectivity index (χ1) is 14.2. The van der Waals surface area contributed by atoms with Crippen molar-refractivity contribution in [2.45, 2.75) is 32.2 Å². The smallest absolute Gasteiger partial charge is 0.169 e. The van der Waals surface area contributed by atoms with E-state index in [1.54, 1.807) is 6.20 Å². The van der Waals surface area contributed by atoms with Crippen molar-refractivity contribution in [3.05, 3.63) is 64.3 Å². The van der Waals surface area contributed by atoms with Crippen LogP contribution >= 0.6 is 15.9 Å². The molecule has 5 heteroatoms. The summed E-state index contributed by atoms with van der Waals surface area (Å²) in [6.45, 7) is 3.41. The van der Waals surface area contributed by atoms with Gasteiger partial charge in [-0.2, -0.15) is 0 Å². The number of carbonyl (C=O) groups is 1. The van der Waals surface area contributed by atoms with E-state index < -0.39 is 0 Å². The maximum absolute atomic E-state index is 12.9. The van der Waals surface area contributed by atoms with Gasteiger partial charge in [-0.15, -0.1) is 0 Å². The minimum absolute atomic E-state index is 0.157. The highest BCUT2D eigenvalue weighted by molar-refractivity contribution is 9.10. The Morgan fingerprint density at radius 1 is 1.10 bits per heavy atom. The van der Waals surface area contributed by atoms with Crippen LogP contribution in [-0.2, 0) is 6.54 Å². The number of hydrogen-bond donors (Lipinski definition) is 1. The quantitative estimate of drug-likeness (QED) is 0.473. The summed E-state index contributed by atoms with van der Waals surface area (Å²) in [5.74, 6) is 0.359. The van der Waals surface area contributed by atoms with Crippen molar-refractivity contribution in [1.29, 1.82) is 0 Å². The van der Waals surface area contributed by atoms with Crippen LogP contribution in [0.5, 0.6) is 0 Å². The third kappa shape index (κ3) is 4.07. The van der Waals surface area contributed by atoms with E-state index in [0.717, 1.165) is 46.1 Å². The van der Waals surface area contributed by atoms with E-state index in [9.17, 15) is 4.79 Å². The summed E-state index contributed by atoms with van der Waals surface area (Å²) in [5.41, 5.74) is 4.76. The van der Waals surface area contributed by atoms with Crippen molar-refractivity contribution in [1.82, 2.24) is 9.88 Å². The molecule has 4 nitrogen and oxygen atoms in total. The average molecular weight is 450 g/mol. The van der Waals surface area contributed by atoms with Crippen LogP contribution in [0, 0.1) is 5.92 Å². The van der Waals surface area contributed by atoms with Crippen LogP contribution in [0.25, 0.3) is 10.9 Å². The van der Waals surface area contributed by atoms with E-state index in [-0.39, 0.29) is 11.7 Å². The summed E-state index contributed by atoms with van der Waals surface area (Å²) in [7, 11) is 0. The molecule has 0 bridgehead atoms. The van der Waals surface area contributed by atoms with Gasteiger partial charge in [-0.25, -0.2) is 0 Å². The van der Waals surface area contributed by atoms with Gasteiger partial charge in [-0.3, -0.25) is 14.7 Å². The predicted octanol–water partition coefficient (Wildman–Crippen LogP) is 5.93. The molecule has 1 aliphatic carbocycles. The molecule has 1 aromatic heterocycles. The zero-order valence-corrected chi connectivity index (χ0v) is 17.9. The Labute approximate surface area is 179 Å². The number of nitrogens with zero attached hydrogens (tertiary/aromatic N) is 2. The normalized spacial score (nSPS) is 17.0. The Bertz CT molecular complexity index is 1050. The Morgan fingerprint density at radius 2 is 1.86 bits per heavy atom. The molecular formula is C24H24BrN3O. The maximum atomic E-state index is 12.9. The Hall–Kier alpha value is -2.24. The van der Waals surface area contributed by atoms with Crippen molar-refractivity contribution in [2.24, 2.45) is 5.92 Å². The van der Waals surface area contributed by atoms with E-state index in [0.29, 0.717) is 5.56 Å². The lowest BCUT2D eigenvalue weighted by atomic mass is 10.0. The molecule has 0 amide bonds. The molecule has 3 aromatic rings. The molecule has 148 valence electrons. The standard InChI is InChI=1S/C24H24BrN3O/c25-18-7-10-22-20(13-18)23(21(14-26-22)24(29)17-5-6-17)27-19-8-3-16(4-9-19)15-28-11-1-2-12-28/h3-4,7-10,13-14,17H,1-2,5-6,11-12,15H2,(H,26,27). The van der Waals surface area contributed by atoms with Gasteiger partial charge in [0.25, 0.3) is 0 Å². The van der Waals surface area contributed by atoms with E-state index in [4.69, 9.17) is 0 Å². The van der Waals surface area contributed by atoms with E-state index in [1.165, 1.54) is 31.5 Å². The Kier molecular flexibility index (Phi) is 5.10. The molecule has 1 saturated heterocycles. The largest absolute Gasteiger partial charge is 0.354 e. The fraction of sp³-hybridized carbons (Fsp3) is 0.333. The summed E-state index contributed by atoms with van der Waals surface area (Å²) in [4.78, 5) is 19.9. The first-order valence-corrected chi connectivity index (χ1v) is 11.2. The molecule has 29 heavy (non-hydrogen) atoms. The molecule has 0 unspecified atom stereocenters. The fourth-order valence-electron chi connectivity index (χ4n) is 4.09. The number of fused-ring (bicyclic) bond motifs is 1. The molecule has 2 heterocycles. The second-order valence-electron chi connectivity index (χ2n) is 8.15. The highest BCUT2D eigenvalue weighted by Gasteiger charge is 2.32. The molecule has 2 aromatic carbocycles. The number of likely N-dealkylation sites (tertiary alicyclic amines) is 1. The van der Waals surface area contributed by atoms with Gasteiger partial charge in [0.05, 0.1) is 16.8 Å². The van der Waals surface area contributed by atoms with Gasteiger partial charge in [-0.1, -0.05) is 28.1 Å². The lowest BCUT2D eigenvalue weighted by Gasteiger charge is -2.16. The molecule has 0 radical (unpaired) electrons. The molecule has 2 aliphatic rings. The monoisotopic (exact) mass is 449 g/mol. The van der Waals surface area contributed by atoms with Crippen molar-refractivity contribution in [2.75, 3.05) is 18.4 Å². The van der Waals surface area contributed by atoms with Crippen molar-refractivity contribution >= 4 is 44.0 Å². The number of carbonyl (C=O) groups excluding carboxylic acids is 1. The number of nitrogens with one attached hydrogen (secondary N) is 1. The molecule has 5 rings (SSSR count). The zero-order chi connectivity index (χ0) is 19.8. The molecule has 0 atom stereocenters. The van der Waals surface area contributed by atoms with E-state index >= 15 is 0 Å². The second-order valence-corrected chi connectivity index (χ2v) is 9.07. The van der Waals surface area contributed by atoms with E-state index in [1.807, 2.05) is 18.2 Å².